The molecule has 0 amide bonds. The highest BCUT2D eigenvalue weighted by Crippen LogP contribution is 2.36. The Bertz CT molecular complexity index is 306. The molecule has 1 fully saturated rings. The molecule has 1 aliphatic rings. The summed E-state index contributed by atoms with van der Waals surface area (Å²) in [4.78, 5) is 1.14. The standard InChI is InChI=1S/C9H12ClNOS/c10-8-2-1-7(13-8)5-9(12)3-6(11)4-9/h1-2,6,12H,3-5,11H2. The van der Waals surface area contributed by atoms with Gasteiger partial charge >= 0.3 is 0 Å². The van der Waals surface area contributed by atoms with E-state index in [1.54, 1.807) is 0 Å². The molecule has 0 atom stereocenters. The average molecular weight is 218 g/mol. The normalized spacial score (nSPS) is 33.0. The van der Waals surface area contributed by atoms with Crippen LogP contribution in [0, 0.1) is 0 Å². The number of thiophene rings is 1. The van der Waals surface area contributed by atoms with E-state index < -0.39 is 5.60 Å². The van der Waals surface area contributed by atoms with Crippen LogP contribution in [-0.4, -0.2) is 16.7 Å². The van der Waals surface area contributed by atoms with Gasteiger partial charge < -0.3 is 10.8 Å². The van der Waals surface area contributed by atoms with Crippen LogP contribution in [0.15, 0.2) is 12.1 Å². The van der Waals surface area contributed by atoms with Gasteiger partial charge in [-0.3, -0.25) is 0 Å². The van der Waals surface area contributed by atoms with E-state index in [4.69, 9.17) is 17.3 Å². The lowest BCUT2D eigenvalue weighted by Crippen LogP contribution is -2.52. The zero-order valence-corrected chi connectivity index (χ0v) is 8.74. The Balaban J connectivity index is 1.99. The second kappa shape index (κ2) is 3.24. The van der Waals surface area contributed by atoms with Crippen LogP contribution >= 0.6 is 22.9 Å². The minimum atomic E-state index is -0.562. The third-order valence-electron chi connectivity index (χ3n) is 2.42. The molecule has 1 aromatic heterocycles. The van der Waals surface area contributed by atoms with Gasteiger partial charge in [-0.2, -0.15) is 0 Å². The highest BCUT2D eigenvalue weighted by molar-refractivity contribution is 7.16. The Morgan fingerprint density at radius 1 is 1.62 bits per heavy atom. The van der Waals surface area contributed by atoms with Crippen molar-refractivity contribution in [3.8, 4) is 0 Å². The van der Waals surface area contributed by atoms with Crippen molar-refractivity contribution in [3.63, 3.8) is 0 Å². The Kier molecular flexibility index (Phi) is 2.36. The lowest BCUT2D eigenvalue weighted by Gasteiger charge is -2.41. The highest BCUT2D eigenvalue weighted by Gasteiger charge is 2.40. The summed E-state index contributed by atoms with van der Waals surface area (Å²) in [5.41, 5.74) is 5.07. The smallest absolute Gasteiger partial charge is 0.0931 e. The second-order valence-electron chi connectivity index (χ2n) is 3.78. The molecule has 2 nitrogen and oxygen atoms in total. The van der Waals surface area contributed by atoms with Crippen LogP contribution in [0.3, 0.4) is 0 Å². The van der Waals surface area contributed by atoms with Gasteiger partial charge in [0.15, 0.2) is 0 Å². The molecule has 0 unspecified atom stereocenters. The van der Waals surface area contributed by atoms with E-state index >= 15 is 0 Å². The van der Waals surface area contributed by atoms with Gasteiger partial charge in [0.05, 0.1) is 9.94 Å². The van der Waals surface area contributed by atoms with E-state index in [9.17, 15) is 5.11 Å². The fourth-order valence-corrected chi connectivity index (χ4v) is 3.06. The van der Waals surface area contributed by atoms with Gasteiger partial charge in [0.2, 0.25) is 0 Å². The van der Waals surface area contributed by atoms with E-state index in [0.717, 1.165) is 9.21 Å². The quantitative estimate of drug-likeness (QED) is 0.794. The maximum absolute atomic E-state index is 9.93. The SMILES string of the molecule is NC1CC(O)(Cc2ccc(Cl)s2)C1. The minimum Gasteiger partial charge on any atom is -0.389 e. The Morgan fingerprint density at radius 3 is 2.77 bits per heavy atom. The number of aliphatic hydroxyl groups is 1. The van der Waals surface area contributed by atoms with Crippen molar-refractivity contribution >= 4 is 22.9 Å². The maximum atomic E-state index is 9.93. The van der Waals surface area contributed by atoms with Crippen molar-refractivity contribution < 1.29 is 5.11 Å². The molecule has 0 aromatic carbocycles. The number of nitrogens with two attached hydrogens (primary N) is 1. The van der Waals surface area contributed by atoms with Crippen molar-refractivity contribution in [1.29, 1.82) is 0 Å². The van der Waals surface area contributed by atoms with Gasteiger partial charge in [-0.05, 0) is 25.0 Å². The van der Waals surface area contributed by atoms with Crippen LogP contribution in [0.25, 0.3) is 0 Å². The van der Waals surface area contributed by atoms with Crippen molar-refractivity contribution in [3.05, 3.63) is 21.3 Å². The molecule has 2 rings (SSSR count). The number of hydrogen-bond acceptors (Lipinski definition) is 3. The third kappa shape index (κ3) is 2.05. The Hall–Kier alpha value is -0.0900. The predicted octanol–water partition coefficient (Wildman–Crippen LogP) is 1.80. The van der Waals surface area contributed by atoms with Gasteiger partial charge in [-0.15, -0.1) is 11.3 Å². The first-order chi connectivity index (χ1) is 6.07. The summed E-state index contributed by atoms with van der Waals surface area (Å²) in [5, 5.41) is 9.93. The molecule has 0 radical (unpaired) electrons. The molecule has 0 aliphatic heterocycles. The molecular weight excluding hydrogens is 206 g/mol. The topological polar surface area (TPSA) is 46.2 Å². The van der Waals surface area contributed by atoms with Crippen LogP contribution in [0.5, 0.6) is 0 Å². The summed E-state index contributed by atoms with van der Waals surface area (Å²) in [6, 6.07) is 4.01. The lowest BCUT2D eigenvalue weighted by atomic mass is 9.74. The molecule has 13 heavy (non-hydrogen) atoms. The van der Waals surface area contributed by atoms with Gasteiger partial charge in [-0.1, -0.05) is 11.6 Å². The number of halogens is 1. The Labute approximate surface area is 86.3 Å². The summed E-state index contributed by atoms with van der Waals surface area (Å²) in [6.07, 6.45) is 2.11. The first-order valence-electron chi connectivity index (χ1n) is 4.30. The van der Waals surface area contributed by atoms with Crippen LogP contribution in [0.2, 0.25) is 4.34 Å². The monoisotopic (exact) mass is 217 g/mol. The molecule has 3 N–H and O–H groups in total. The minimum absolute atomic E-state index is 0.181. The molecule has 0 bridgehead atoms. The first kappa shape index (κ1) is 9.46. The van der Waals surface area contributed by atoms with Gasteiger partial charge in [0.1, 0.15) is 0 Å². The molecular formula is C9H12ClNOS. The number of hydrogen-bond donors (Lipinski definition) is 2. The van der Waals surface area contributed by atoms with E-state index in [2.05, 4.69) is 0 Å². The van der Waals surface area contributed by atoms with Crippen LogP contribution in [0.1, 0.15) is 17.7 Å². The largest absolute Gasteiger partial charge is 0.389 e. The summed E-state index contributed by atoms with van der Waals surface area (Å²) >= 11 is 7.32. The van der Waals surface area contributed by atoms with E-state index in [1.165, 1.54) is 11.3 Å². The van der Waals surface area contributed by atoms with Crippen LogP contribution in [-0.2, 0) is 6.42 Å². The van der Waals surface area contributed by atoms with Crippen molar-refractivity contribution in [2.75, 3.05) is 0 Å². The average Bonchev–Trinajstić information content (AvgIpc) is 2.32. The molecule has 1 aromatic rings. The van der Waals surface area contributed by atoms with Crippen LogP contribution in [0.4, 0.5) is 0 Å². The molecule has 1 aliphatic carbocycles. The maximum Gasteiger partial charge on any atom is 0.0931 e. The second-order valence-corrected chi connectivity index (χ2v) is 5.57. The molecule has 1 heterocycles. The van der Waals surface area contributed by atoms with Crippen molar-refractivity contribution in [2.24, 2.45) is 5.73 Å². The summed E-state index contributed by atoms with van der Waals surface area (Å²) in [5.74, 6) is 0. The zero-order chi connectivity index (χ0) is 9.47. The zero-order valence-electron chi connectivity index (χ0n) is 7.16. The molecule has 72 valence electrons. The highest BCUT2D eigenvalue weighted by atomic mass is 35.5. The van der Waals surface area contributed by atoms with Gasteiger partial charge in [0, 0.05) is 17.3 Å². The fourth-order valence-electron chi connectivity index (χ4n) is 1.83. The molecule has 0 saturated heterocycles. The lowest BCUT2D eigenvalue weighted by molar-refractivity contribution is -0.0448. The molecule has 0 spiro atoms. The van der Waals surface area contributed by atoms with Gasteiger partial charge in [0.25, 0.3) is 0 Å². The first-order valence-corrected chi connectivity index (χ1v) is 5.49. The molecule has 1 saturated carbocycles. The van der Waals surface area contributed by atoms with E-state index in [1.807, 2.05) is 12.1 Å². The summed E-state index contributed by atoms with van der Waals surface area (Å²) in [7, 11) is 0. The van der Waals surface area contributed by atoms with Crippen molar-refractivity contribution in [2.45, 2.75) is 30.9 Å². The Morgan fingerprint density at radius 2 is 2.31 bits per heavy atom. The fraction of sp³-hybridized carbons (Fsp3) is 0.556. The van der Waals surface area contributed by atoms with Gasteiger partial charge in [-0.25, -0.2) is 0 Å². The van der Waals surface area contributed by atoms with Crippen LogP contribution < -0.4 is 5.73 Å². The molecule has 4 heteroatoms. The predicted molar refractivity (Wildman–Crippen MR) is 55.2 cm³/mol. The summed E-state index contributed by atoms with van der Waals surface area (Å²) < 4.78 is 0.780. The van der Waals surface area contributed by atoms with E-state index in [-0.39, 0.29) is 6.04 Å². The summed E-state index contributed by atoms with van der Waals surface area (Å²) in [6.45, 7) is 0. The van der Waals surface area contributed by atoms with E-state index in [0.29, 0.717) is 19.3 Å². The number of rotatable bonds is 2. The van der Waals surface area contributed by atoms with Crippen molar-refractivity contribution in [1.82, 2.24) is 0 Å². The third-order valence-corrected chi connectivity index (χ3v) is 3.65.